The summed E-state index contributed by atoms with van der Waals surface area (Å²) in [6, 6.07) is 8.09. The summed E-state index contributed by atoms with van der Waals surface area (Å²) in [6.45, 7) is 4.00. The van der Waals surface area contributed by atoms with Gasteiger partial charge in [0.05, 0.1) is 5.69 Å². The smallest absolute Gasteiger partial charge is 0.348 e. The van der Waals surface area contributed by atoms with E-state index in [4.69, 9.17) is 10.8 Å². The number of rotatable bonds is 3. The summed E-state index contributed by atoms with van der Waals surface area (Å²) in [5.74, 6) is -0.961. The number of aryl methyl sites for hydroxylation is 2. The Kier molecular flexibility index (Phi) is 3.39. The highest BCUT2D eigenvalue weighted by molar-refractivity contribution is 7.15. The van der Waals surface area contributed by atoms with Gasteiger partial charge in [-0.15, -0.1) is 11.3 Å². The van der Waals surface area contributed by atoms with Crippen LogP contribution in [0.25, 0.3) is 11.1 Å². The number of benzene rings is 1. The minimum Gasteiger partial charge on any atom is -0.477 e. The molecule has 0 amide bonds. The molecule has 1 aromatic carbocycles. The average Bonchev–Trinajstić information content (AvgIpc) is 2.65. The van der Waals surface area contributed by atoms with Crippen molar-refractivity contribution in [3.05, 3.63) is 39.6 Å². The molecule has 3 N–H and O–H groups in total. The van der Waals surface area contributed by atoms with Gasteiger partial charge in [-0.25, -0.2) is 4.79 Å². The molecule has 0 spiro atoms. The summed E-state index contributed by atoms with van der Waals surface area (Å²) in [5.41, 5.74) is 9.39. The molecule has 0 aliphatic heterocycles. The standard InChI is InChI=1S/C14H15NO2S/c1-3-9-4-6-10(7-5-9)11-8(2)18-13(12(11)15)14(16)17/h4-7H,3,15H2,1-2H3,(H,16,17). The van der Waals surface area contributed by atoms with Gasteiger partial charge in [-0.3, -0.25) is 0 Å². The lowest BCUT2D eigenvalue weighted by molar-refractivity contribution is 0.0703. The normalized spacial score (nSPS) is 10.6. The molecular formula is C14H15NO2S. The summed E-state index contributed by atoms with van der Waals surface area (Å²) in [4.78, 5) is 12.2. The van der Waals surface area contributed by atoms with Gasteiger partial charge in [-0.2, -0.15) is 0 Å². The minimum atomic E-state index is -0.961. The third-order valence-corrected chi connectivity index (χ3v) is 4.08. The van der Waals surface area contributed by atoms with Gasteiger partial charge in [0.25, 0.3) is 0 Å². The monoisotopic (exact) mass is 261 g/mol. The number of carboxylic acid groups (broad SMARTS) is 1. The number of carbonyl (C=O) groups is 1. The van der Waals surface area contributed by atoms with Crippen molar-refractivity contribution in [1.29, 1.82) is 0 Å². The molecule has 1 aromatic heterocycles. The van der Waals surface area contributed by atoms with Crippen LogP contribution in [0.3, 0.4) is 0 Å². The molecule has 0 aliphatic carbocycles. The first kappa shape index (κ1) is 12.6. The van der Waals surface area contributed by atoms with Gasteiger partial charge in [0, 0.05) is 10.4 Å². The minimum absolute atomic E-state index is 0.224. The number of nitrogen functional groups attached to an aromatic ring is 1. The van der Waals surface area contributed by atoms with Gasteiger partial charge in [0.2, 0.25) is 0 Å². The quantitative estimate of drug-likeness (QED) is 0.887. The first-order chi connectivity index (χ1) is 8.54. The number of anilines is 1. The van der Waals surface area contributed by atoms with E-state index in [0.29, 0.717) is 5.69 Å². The third-order valence-electron chi connectivity index (χ3n) is 2.97. The van der Waals surface area contributed by atoms with E-state index in [-0.39, 0.29) is 4.88 Å². The number of nitrogens with two attached hydrogens (primary N) is 1. The van der Waals surface area contributed by atoms with Crippen LogP contribution >= 0.6 is 11.3 Å². The molecule has 0 bridgehead atoms. The molecule has 2 rings (SSSR count). The highest BCUT2D eigenvalue weighted by Crippen LogP contribution is 2.38. The maximum absolute atomic E-state index is 11.0. The molecule has 0 radical (unpaired) electrons. The summed E-state index contributed by atoms with van der Waals surface area (Å²) in [5, 5.41) is 9.06. The van der Waals surface area contributed by atoms with Crippen molar-refractivity contribution in [1.82, 2.24) is 0 Å². The average molecular weight is 261 g/mol. The first-order valence-corrected chi connectivity index (χ1v) is 6.57. The number of carboxylic acids is 1. The molecule has 18 heavy (non-hydrogen) atoms. The van der Waals surface area contributed by atoms with Crippen LogP contribution in [0, 0.1) is 6.92 Å². The van der Waals surface area contributed by atoms with Crippen molar-refractivity contribution >= 4 is 23.0 Å². The molecular weight excluding hydrogens is 246 g/mol. The summed E-state index contributed by atoms with van der Waals surface area (Å²) in [7, 11) is 0. The van der Waals surface area contributed by atoms with Crippen molar-refractivity contribution in [2.45, 2.75) is 20.3 Å². The predicted molar refractivity (Wildman–Crippen MR) is 75.2 cm³/mol. The van der Waals surface area contributed by atoms with Gasteiger partial charge >= 0.3 is 5.97 Å². The van der Waals surface area contributed by atoms with Crippen molar-refractivity contribution in [3.63, 3.8) is 0 Å². The van der Waals surface area contributed by atoms with Crippen LogP contribution in [0.15, 0.2) is 24.3 Å². The van der Waals surface area contributed by atoms with Crippen LogP contribution in [-0.2, 0) is 6.42 Å². The van der Waals surface area contributed by atoms with Crippen molar-refractivity contribution in [2.75, 3.05) is 5.73 Å². The van der Waals surface area contributed by atoms with Gasteiger partial charge in [0.15, 0.2) is 0 Å². The zero-order valence-corrected chi connectivity index (χ0v) is 11.2. The van der Waals surface area contributed by atoms with E-state index >= 15 is 0 Å². The Balaban J connectivity index is 2.53. The number of hydrogen-bond donors (Lipinski definition) is 2. The largest absolute Gasteiger partial charge is 0.477 e. The highest BCUT2D eigenvalue weighted by Gasteiger charge is 2.19. The SMILES string of the molecule is CCc1ccc(-c2c(C)sc(C(=O)O)c2N)cc1. The topological polar surface area (TPSA) is 63.3 Å². The molecule has 0 aliphatic rings. The number of hydrogen-bond acceptors (Lipinski definition) is 3. The van der Waals surface area contributed by atoms with Gasteiger partial charge in [0.1, 0.15) is 4.88 Å². The first-order valence-electron chi connectivity index (χ1n) is 5.76. The second-order valence-corrected chi connectivity index (χ2v) is 5.36. The number of aromatic carboxylic acids is 1. The summed E-state index contributed by atoms with van der Waals surface area (Å²) in [6.07, 6.45) is 0.985. The molecule has 3 nitrogen and oxygen atoms in total. The van der Waals surface area contributed by atoms with Gasteiger partial charge in [-0.05, 0) is 24.5 Å². The van der Waals surface area contributed by atoms with Gasteiger partial charge < -0.3 is 10.8 Å². The molecule has 1 heterocycles. The fourth-order valence-electron chi connectivity index (χ4n) is 1.99. The Morgan fingerprint density at radius 1 is 1.33 bits per heavy atom. The lowest BCUT2D eigenvalue weighted by Crippen LogP contribution is -1.98. The van der Waals surface area contributed by atoms with E-state index in [1.54, 1.807) is 0 Å². The summed E-state index contributed by atoms with van der Waals surface area (Å²) >= 11 is 1.23. The number of thiophene rings is 1. The molecule has 0 atom stereocenters. The lowest BCUT2D eigenvalue weighted by atomic mass is 10.0. The molecule has 0 unspecified atom stereocenters. The third kappa shape index (κ3) is 2.11. The van der Waals surface area contributed by atoms with E-state index in [2.05, 4.69) is 6.92 Å². The predicted octanol–water partition coefficient (Wildman–Crippen LogP) is 3.57. The Bertz CT molecular complexity index is 585. The van der Waals surface area contributed by atoms with Crippen LogP contribution in [0.2, 0.25) is 0 Å². The van der Waals surface area contributed by atoms with Crippen LogP contribution in [0.4, 0.5) is 5.69 Å². The Labute approximate surface area is 110 Å². The second kappa shape index (κ2) is 4.82. The molecule has 0 saturated carbocycles. The molecule has 4 heteroatoms. The molecule has 2 aromatic rings. The molecule has 0 saturated heterocycles. The van der Waals surface area contributed by atoms with E-state index < -0.39 is 5.97 Å². The maximum Gasteiger partial charge on any atom is 0.348 e. The zero-order valence-electron chi connectivity index (χ0n) is 10.4. The van der Waals surface area contributed by atoms with Gasteiger partial charge in [-0.1, -0.05) is 31.2 Å². The lowest BCUT2D eigenvalue weighted by Gasteiger charge is -2.04. The molecule has 94 valence electrons. The van der Waals surface area contributed by atoms with Crippen LogP contribution in [0.1, 0.15) is 27.0 Å². The second-order valence-electron chi connectivity index (χ2n) is 4.13. The van der Waals surface area contributed by atoms with Crippen LogP contribution < -0.4 is 5.73 Å². The van der Waals surface area contributed by atoms with E-state index in [1.807, 2.05) is 31.2 Å². The van der Waals surface area contributed by atoms with Crippen molar-refractivity contribution in [3.8, 4) is 11.1 Å². The highest BCUT2D eigenvalue weighted by atomic mass is 32.1. The zero-order chi connectivity index (χ0) is 13.3. The van der Waals surface area contributed by atoms with E-state index in [9.17, 15) is 4.79 Å². The Morgan fingerprint density at radius 2 is 1.94 bits per heavy atom. The maximum atomic E-state index is 11.0. The van der Waals surface area contributed by atoms with Crippen molar-refractivity contribution in [2.24, 2.45) is 0 Å². The Hall–Kier alpha value is -1.81. The van der Waals surface area contributed by atoms with Crippen LogP contribution in [-0.4, -0.2) is 11.1 Å². The van der Waals surface area contributed by atoms with Crippen molar-refractivity contribution < 1.29 is 9.90 Å². The fraction of sp³-hybridized carbons (Fsp3) is 0.214. The Morgan fingerprint density at radius 3 is 2.39 bits per heavy atom. The van der Waals surface area contributed by atoms with E-state index in [1.165, 1.54) is 16.9 Å². The fourth-order valence-corrected chi connectivity index (χ4v) is 2.92. The van der Waals surface area contributed by atoms with E-state index in [0.717, 1.165) is 22.4 Å². The van der Waals surface area contributed by atoms with Crippen LogP contribution in [0.5, 0.6) is 0 Å². The summed E-state index contributed by atoms with van der Waals surface area (Å²) < 4.78 is 0. The molecule has 0 fully saturated rings.